The predicted octanol–water partition coefficient (Wildman–Crippen LogP) is 9.08. The lowest BCUT2D eigenvalue weighted by Crippen LogP contribution is -2.43. The Morgan fingerprint density at radius 2 is 1.02 bits per heavy atom. The van der Waals surface area contributed by atoms with Gasteiger partial charge >= 0.3 is 0 Å². The molecule has 1 aliphatic heterocycles. The summed E-state index contributed by atoms with van der Waals surface area (Å²) in [6, 6.07) is 49.8. The Morgan fingerprint density at radius 3 is 1.48 bits per heavy atom. The molecule has 0 bridgehead atoms. The normalized spacial score (nSPS) is 17.4. The molecule has 1 fully saturated rings. The number of nitrogens with zero attached hydrogens (tertiary/aromatic N) is 4. The molecule has 12 nitrogen and oxygen atoms in total. The lowest BCUT2D eigenvalue weighted by molar-refractivity contribution is -0.131. The number of benzene rings is 6. The van der Waals surface area contributed by atoms with Crippen molar-refractivity contribution in [3.8, 4) is 23.0 Å². The number of halogens is 1. The van der Waals surface area contributed by atoms with Crippen LogP contribution >= 0.6 is 0 Å². The molecule has 1 saturated heterocycles. The van der Waals surface area contributed by atoms with Gasteiger partial charge in [0, 0.05) is 0 Å². The highest BCUT2D eigenvalue weighted by Gasteiger charge is 2.53. The molecule has 0 radical (unpaired) electrons. The van der Waals surface area contributed by atoms with E-state index in [1.165, 1.54) is 17.2 Å². The number of carbonyl (C=O) groups excluding carboxylic acids is 1. The van der Waals surface area contributed by atoms with Crippen molar-refractivity contribution in [2.24, 2.45) is 0 Å². The van der Waals surface area contributed by atoms with Crippen molar-refractivity contribution < 1.29 is 37.6 Å². The third-order valence-electron chi connectivity index (χ3n) is 12.0. The zero-order valence-electron chi connectivity index (χ0n) is 36.1. The molecule has 2 aromatic heterocycles. The lowest BCUT2D eigenvalue weighted by atomic mass is 9.77. The number of rotatable bonds is 16. The highest BCUT2D eigenvalue weighted by molar-refractivity contribution is 5.84. The van der Waals surface area contributed by atoms with E-state index in [1.807, 2.05) is 158 Å². The van der Waals surface area contributed by atoms with E-state index >= 15 is 4.39 Å². The van der Waals surface area contributed by atoms with Crippen LogP contribution < -0.4 is 24.3 Å². The van der Waals surface area contributed by atoms with Crippen LogP contribution in [0.15, 0.2) is 170 Å². The first kappa shape index (κ1) is 42.7. The number of ether oxygens (including phenoxy) is 6. The fourth-order valence-electron chi connectivity index (χ4n) is 8.74. The number of fused-ring (bicyclic) bond motifs is 1. The second kappa shape index (κ2) is 18.2. The number of hydrogen-bond donors (Lipinski definition) is 1. The van der Waals surface area contributed by atoms with Crippen molar-refractivity contribution in [3.05, 3.63) is 204 Å². The summed E-state index contributed by atoms with van der Waals surface area (Å²) in [5.41, 5.74) is 2.79. The first-order valence-electron chi connectivity index (χ1n) is 20.9. The summed E-state index contributed by atoms with van der Waals surface area (Å²) in [4.78, 5) is 27.1. The van der Waals surface area contributed by atoms with Crippen molar-refractivity contribution in [2.45, 2.75) is 35.7 Å². The van der Waals surface area contributed by atoms with Crippen LogP contribution in [0, 0.1) is 0 Å². The van der Waals surface area contributed by atoms with Crippen molar-refractivity contribution >= 4 is 23.3 Å². The summed E-state index contributed by atoms with van der Waals surface area (Å²) in [6.07, 6.45) is -2.58. The van der Waals surface area contributed by atoms with E-state index in [4.69, 9.17) is 38.4 Å². The van der Waals surface area contributed by atoms with Crippen LogP contribution in [0.1, 0.15) is 39.6 Å². The van der Waals surface area contributed by atoms with Crippen LogP contribution in [0.25, 0.3) is 11.2 Å². The highest BCUT2D eigenvalue weighted by atomic mass is 19.1. The molecule has 0 aliphatic carbocycles. The van der Waals surface area contributed by atoms with Crippen LogP contribution in [-0.4, -0.2) is 72.6 Å². The number of hydrogen-bond acceptors (Lipinski definition) is 11. The van der Waals surface area contributed by atoms with Gasteiger partial charge in [-0.2, -0.15) is 0 Å². The van der Waals surface area contributed by atoms with Gasteiger partial charge in [0.25, 0.3) is 0 Å². The maximum Gasteiger partial charge on any atom is 0.174 e. The second-order valence-electron chi connectivity index (χ2n) is 15.4. The minimum absolute atomic E-state index is 0.270. The SMILES string of the molecule is COc1ccc(C(Nc2ncnc3c2ncn3[C@@H]2OC(C=O)[C@H](OC(c3ccccc3)(c3ccc(OC)cc3)c3ccc(OC)cc3)[C@H]2F)(c2ccccc2)c2ccc(OC)cc2)cc1. The molecule has 8 aromatic rings. The zero-order valence-corrected chi connectivity index (χ0v) is 36.1. The molecule has 3 heterocycles. The summed E-state index contributed by atoms with van der Waals surface area (Å²) in [6.45, 7) is 0. The van der Waals surface area contributed by atoms with Crippen molar-refractivity contribution in [3.63, 3.8) is 0 Å². The van der Waals surface area contributed by atoms with E-state index in [1.54, 1.807) is 28.4 Å². The summed E-state index contributed by atoms with van der Waals surface area (Å²) < 4.78 is 54.7. The number of carbonyl (C=O) groups is 1. The summed E-state index contributed by atoms with van der Waals surface area (Å²) in [5.74, 6) is 2.99. The second-order valence-corrected chi connectivity index (χ2v) is 15.4. The van der Waals surface area contributed by atoms with Gasteiger partial charge in [-0.3, -0.25) is 4.57 Å². The predicted molar refractivity (Wildman–Crippen MR) is 243 cm³/mol. The minimum atomic E-state index is -1.89. The molecule has 0 saturated carbocycles. The fourth-order valence-corrected chi connectivity index (χ4v) is 8.74. The van der Waals surface area contributed by atoms with E-state index in [2.05, 4.69) is 10.3 Å². The van der Waals surface area contributed by atoms with Crippen LogP contribution in [0.5, 0.6) is 23.0 Å². The molecule has 65 heavy (non-hydrogen) atoms. The topological polar surface area (TPSA) is 128 Å². The number of methoxy groups -OCH3 is 4. The van der Waals surface area contributed by atoms with E-state index < -0.39 is 35.7 Å². The fraction of sp³-hybridized carbons (Fsp3) is 0.192. The largest absolute Gasteiger partial charge is 0.497 e. The van der Waals surface area contributed by atoms with E-state index in [0.717, 1.165) is 16.7 Å². The van der Waals surface area contributed by atoms with Gasteiger partial charge in [0.15, 0.2) is 35.7 Å². The molecule has 1 unspecified atom stereocenters. The first-order chi connectivity index (χ1) is 31.9. The van der Waals surface area contributed by atoms with Crippen molar-refractivity contribution in [1.82, 2.24) is 19.5 Å². The standard InChI is InChI=1S/C52H46FN5O7/c1-60-40-23-15-35(16-24-40)51(34-11-7-5-8-12-34,36-17-25-41(61-2)26-18-36)57-48-46-49(55-32-54-48)58(33-56-46)50-45(53)47(44(31-59)64-50)65-52(37-13-9-6-10-14-37,38-19-27-42(62-3)28-20-38)39-21-29-43(63-4)30-22-39/h5-33,44-45,47,50H,1-4H3,(H,54,55,57)/t44?,45-,47+,50-/m1/s1. The lowest BCUT2D eigenvalue weighted by Gasteiger charge is -2.39. The van der Waals surface area contributed by atoms with Crippen LogP contribution in [0.3, 0.4) is 0 Å². The van der Waals surface area contributed by atoms with Gasteiger partial charge < -0.3 is 38.5 Å². The monoisotopic (exact) mass is 871 g/mol. The van der Waals surface area contributed by atoms with Gasteiger partial charge in [-0.05, 0) is 81.9 Å². The number of alkyl halides is 1. The Balaban J connectivity index is 1.14. The smallest absolute Gasteiger partial charge is 0.174 e. The average molecular weight is 872 g/mol. The molecule has 9 rings (SSSR count). The molecule has 0 amide bonds. The van der Waals surface area contributed by atoms with Gasteiger partial charge in [-0.1, -0.05) is 109 Å². The van der Waals surface area contributed by atoms with Crippen LogP contribution in [0.4, 0.5) is 10.2 Å². The molecular weight excluding hydrogens is 826 g/mol. The molecule has 1 N–H and O–H groups in total. The van der Waals surface area contributed by atoms with E-state index in [9.17, 15) is 4.79 Å². The maximum atomic E-state index is 17.7. The quantitative estimate of drug-likeness (QED) is 0.0738. The molecule has 4 atom stereocenters. The molecule has 13 heteroatoms. The Hall–Kier alpha value is -7.61. The minimum Gasteiger partial charge on any atom is -0.497 e. The maximum absolute atomic E-state index is 17.7. The number of aldehydes is 1. The summed E-state index contributed by atoms with van der Waals surface area (Å²) in [5, 5.41) is 3.76. The Morgan fingerprint density at radius 1 is 0.585 bits per heavy atom. The third-order valence-corrected chi connectivity index (χ3v) is 12.0. The molecule has 0 spiro atoms. The number of imidazole rings is 1. The average Bonchev–Trinajstić information content (AvgIpc) is 3.95. The van der Waals surface area contributed by atoms with Crippen molar-refractivity contribution in [2.75, 3.05) is 33.8 Å². The summed E-state index contributed by atoms with van der Waals surface area (Å²) in [7, 11) is 6.42. The number of nitrogens with one attached hydrogen (secondary N) is 1. The van der Waals surface area contributed by atoms with Gasteiger partial charge in [0.2, 0.25) is 0 Å². The van der Waals surface area contributed by atoms with Gasteiger partial charge in [-0.15, -0.1) is 0 Å². The van der Waals surface area contributed by atoms with E-state index in [0.29, 0.717) is 57.3 Å². The molecular formula is C52H46FN5O7. The summed E-state index contributed by atoms with van der Waals surface area (Å²) >= 11 is 0. The van der Waals surface area contributed by atoms with Gasteiger partial charge in [0.1, 0.15) is 52.7 Å². The van der Waals surface area contributed by atoms with Crippen LogP contribution in [-0.2, 0) is 25.4 Å². The Kier molecular flexibility index (Phi) is 12.0. The van der Waals surface area contributed by atoms with Gasteiger partial charge in [-0.25, -0.2) is 19.3 Å². The first-order valence-corrected chi connectivity index (χ1v) is 20.9. The van der Waals surface area contributed by atoms with Gasteiger partial charge in [0.05, 0.1) is 34.8 Å². The Bertz CT molecular complexity index is 2750. The molecule has 1 aliphatic rings. The molecule has 6 aromatic carbocycles. The number of aromatic nitrogens is 4. The van der Waals surface area contributed by atoms with Crippen LogP contribution in [0.2, 0.25) is 0 Å². The van der Waals surface area contributed by atoms with Crippen molar-refractivity contribution in [1.29, 1.82) is 0 Å². The number of anilines is 1. The third kappa shape index (κ3) is 7.68. The molecule has 328 valence electrons. The van der Waals surface area contributed by atoms with E-state index in [-0.39, 0.29) is 5.65 Å². The Labute approximate surface area is 375 Å². The highest BCUT2D eigenvalue weighted by Crippen LogP contribution is 2.47. The zero-order chi connectivity index (χ0) is 45.0.